The van der Waals surface area contributed by atoms with Crippen molar-refractivity contribution in [3.63, 3.8) is 0 Å². The molecule has 23 heavy (non-hydrogen) atoms. The first-order valence-corrected chi connectivity index (χ1v) is 8.21. The molecule has 0 spiro atoms. The van der Waals surface area contributed by atoms with E-state index in [9.17, 15) is 18.9 Å². The zero-order chi connectivity index (χ0) is 16.4. The first-order valence-electron chi connectivity index (χ1n) is 7.39. The first kappa shape index (κ1) is 15.8. The van der Waals surface area contributed by atoms with E-state index in [-0.39, 0.29) is 5.69 Å². The molecule has 2 aromatic rings. The summed E-state index contributed by atoms with van der Waals surface area (Å²) in [6, 6.07) is 1.43. The molecular weight excluding hydrogens is 324 g/mol. The Morgan fingerprint density at radius 2 is 1.96 bits per heavy atom. The predicted molar refractivity (Wildman–Crippen MR) is 84.0 cm³/mol. The molecule has 3 rings (SSSR count). The molecule has 122 valence electrons. The molecule has 0 saturated carbocycles. The normalized spacial score (nSPS) is 13.7. The predicted octanol–water partition coefficient (Wildman–Crippen LogP) is 3.86. The van der Waals surface area contributed by atoms with Gasteiger partial charge in [-0.25, -0.2) is 13.8 Å². The highest BCUT2D eigenvalue weighted by atomic mass is 32.1. The molecule has 0 amide bonds. The van der Waals surface area contributed by atoms with Crippen LogP contribution in [0.1, 0.15) is 28.4 Å². The lowest BCUT2D eigenvalue weighted by Gasteiger charge is -2.07. The van der Waals surface area contributed by atoms with Gasteiger partial charge in [0.05, 0.1) is 27.8 Å². The number of nitrogens with zero attached hydrogens (tertiary/aromatic N) is 2. The number of hydrogen-bond acceptors (Lipinski definition) is 5. The Labute approximate surface area is 135 Å². The van der Waals surface area contributed by atoms with Gasteiger partial charge in [-0.2, -0.15) is 0 Å². The second-order valence-electron chi connectivity index (χ2n) is 5.40. The SMILES string of the molecule is O=[N+]([O-])c1cc(F)c(NCCc2nc3c(s2)CCCC3)c(F)c1. The van der Waals surface area contributed by atoms with Crippen molar-refractivity contribution in [2.45, 2.75) is 32.1 Å². The zero-order valence-corrected chi connectivity index (χ0v) is 13.1. The lowest BCUT2D eigenvalue weighted by Crippen LogP contribution is -2.08. The number of aryl methyl sites for hydroxylation is 2. The van der Waals surface area contributed by atoms with Gasteiger partial charge in [0.15, 0.2) is 11.6 Å². The monoisotopic (exact) mass is 339 g/mol. The first-order chi connectivity index (χ1) is 11.0. The van der Waals surface area contributed by atoms with Crippen molar-refractivity contribution in [1.29, 1.82) is 0 Å². The van der Waals surface area contributed by atoms with Crippen molar-refractivity contribution in [2.75, 3.05) is 11.9 Å². The Morgan fingerprint density at radius 3 is 2.61 bits per heavy atom. The van der Waals surface area contributed by atoms with Gasteiger partial charge < -0.3 is 5.32 Å². The molecule has 0 atom stereocenters. The minimum absolute atomic E-state index is 0.318. The molecule has 1 heterocycles. The van der Waals surface area contributed by atoms with E-state index in [1.54, 1.807) is 11.3 Å². The van der Waals surface area contributed by atoms with Gasteiger partial charge in [0.25, 0.3) is 5.69 Å². The highest BCUT2D eigenvalue weighted by Gasteiger charge is 2.18. The summed E-state index contributed by atoms with van der Waals surface area (Å²) < 4.78 is 27.5. The topological polar surface area (TPSA) is 68.1 Å². The molecule has 0 radical (unpaired) electrons. The molecule has 1 N–H and O–H groups in total. The van der Waals surface area contributed by atoms with E-state index in [1.165, 1.54) is 11.3 Å². The smallest absolute Gasteiger partial charge is 0.275 e. The Kier molecular flexibility index (Phi) is 4.51. The molecule has 1 aliphatic carbocycles. The maximum atomic E-state index is 13.8. The van der Waals surface area contributed by atoms with Crippen molar-refractivity contribution >= 4 is 22.7 Å². The van der Waals surface area contributed by atoms with Crippen LogP contribution in [-0.2, 0) is 19.3 Å². The molecule has 1 aromatic carbocycles. The molecule has 0 aliphatic heterocycles. The standard InChI is InChI=1S/C15H15F2N3O2S/c16-10-7-9(20(21)22)8-11(17)15(10)18-6-5-14-19-12-3-1-2-4-13(12)23-14/h7-8,18H,1-6H2. The number of nitro groups is 1. The van der Waals surface area contributed by atoms with Crippen LogP contribution < -0.4 is 5.32 Å². The summed E-state index contributed by atoms with van der Waals surface area (Å²) in [5.74, 6) is -1.93. The van der Waals surface area contributed by atoms with E-state index in [4.69, 9.17) is 0 Å². The van der Waals surface area contributed by atoms with E-state index in [1.807, 2.05) is 0 Å². The van der Waals surface area contributed by atoms with Crippen molar-refractivity contribution in [3.05, 3.63) is 49.5 Å². The van der Waals surface area contributed by atoms with Gasteiger partial charge in [-0.3, -0.25) is 10.1 Å². The number of fused-ring (bicyclic) bond motifs is 1. The van der Waals surface area contributed by atoms with Gasteiger partial charge in [-0.1, -0.05) is 0 Å². The number of aromatic nitrogens is 1. The number of thiazole rings is 1. The number of benzene rings is 1. The number of non-ortho nitro benzene ring substituents is 1. The zero-order valence-electron chi connectivity index (χ0n) is 12.3. The van der Waals surface area contributed by atoms with Crippen LogP contribution in [0.25, 0.3) is 0 Å². The third-order valence-corrected chi connectivity index (χ3v) is 4.99. The van der Waals surface area contributed by atoms with Gasteiger partial charge >= 0.3 is 0 Å². The van der Waals surface area contributed by atoms with Gasteiger partial charge in [-0.05, 0) is 25.7 Å². The maximum absolute atomic E-state index is 13.8. The van der Waals surface area contributed by atoms with E-state index in [0.717, 1.165) is 30.0 Å². The number of anilines is 1. The van der Waals surface area contributed by atoms with E-state index in [2.05, 4.69) is 10.3 Å². The number of nitrogens with one attached hydrogen (secondary N) is 1. The van der Waals surface area contributed by atoms with Crippen LogP contribution in [0.15, 0.2) is 12.1 Å². The molecule has 0 bridgehead atoms. The fraction of sp³-hybridized carbons (Fsp3) is 0.400. The van der Waals surface area contributed by atoms with Crippen LogP contribution in [0.3, 0.4) is 0 Å². The van der Waals surface area contributed by atoms with E-state index < -0.39 is 22.2 Å². The van der Waals surface area contributed by atoms with E-state index in [0.29, 0.717) is 25.1 Å². The van der Waals surface area contributed by atoms with Gasteiger partial charge in [0.1, 0.15) is 5.69 Å². The van der Waals surface area contributed by atoms with Crippen molar-refractivity contribution < 1.29 is 13.7 Å². The fourth-order valence-electron chi connectivity index (χ4n) is 2.64. The molecule has 0 saturated heterocycles. The lowest BCUT2D eigenvalue weighted by atomic mass is 10.0. The number of hydrogen-bond donors (Lipinski definition) is 1. The fourth-order valence-corrected chi connectivity index (χ4v) is 3.80. The van der Waals surface area contributed by atoms with Gasteiger partial charge in [-0.15, -0.1) is 11.3 Å². The third kappa shape index (κ3) is 3.47. The summed E-state index contributed by atoms with van der Waals surface area (Å²) in [6.45, 7) is 0.318. The average molecular weight is 339 g/mol. The van der Waals surface area contributed by atoms with Crippen molar-refractivity contribution in [1.82, 2.24) is 4.98 Å². The molecule has 5 nitrogen and oxygen atoms in total. The minimum Gasteiger partial charge on any atom is -0.380 e. The minimum atomic E-state index is -0.963. The van der Waals surface area contributed by atoms with Crippen LogP contribution >= 0.6 is 11.3 Å². The lowest BCUT2D eigenvalue weighted by molar-refractivity contribution is -0.385. The molecule has 0 unspecified atom stereocenters. The van der Waals surface area contributed by atoms with Crippen LogP contribution in [-0.4, -0.2) is 16.5 Å². The second-order valence-corrected chi connectivity index (χ2v) is 6.57. The Bertz CT molecular complexity index is 702. The van der Waals surface area contributed by atoms with Gasteiger partial charge in [0, 0.05) is 17.8 Å². The highest BCUT2D eigenvalue weighted by Crippen LogP contribution is 2.28. The number of halogens is 2. The summed E-state index contributed by atoms with van der Waals surface area (Å²) in [7, 11) is 0. The summed E-state index contributed by atoms with van der Waals surface area (Å²) in [5, 5.41) is 14.2. The molecule has 8 heteroatoms. The molecular formula is C15H15F2N3O2S. The Balaban J connectivity index is 1.64. The van der Waals surface area contributed by atoms with Crippen molar-refractivity contribution in [2.24, 2.45) is 0 Å². The largest absolute Gasteiger partial charge is 0.380 e. The quantitative estimate of drug-likeness (QED) is 0.663. The van der Waals surface area contributed by atoms with Crippen molar-refractivity contribution in [3.8, 4) is 0 Å². The number of nitro benzene ring substituents is 1. The van der Waals surface area contributed by atoms with E-state index >= 15 is 0 Å². The summed E-state index contributed by atoms with van der Waals surface area (Å²) in [6.07, 6.45) is 4.98. The average Bonchev–Trinajstić information content (AvgIpc) is 2.92. The van der Waals surface area contributed by atoms with Gasteiger partial charge in [0.2, 0.25) is 0 Å². The number of rotatable bonds is 5. The molecule has 1 aliphatic rings. The summed E-state index contributed by atoms with van der Waals surface area (Å²) in [4.78, 5) is 15.6. The molecule has 0 fully saturated rings. The maximum Gasteiger partial charge on any atom is 0.275 e. The third-order valence-electron chi connectivity index (χ3n) is 3.77. The second kappa shape index (κ2) is 6.57. The van der Waals surface area contributed by atoms with Crippen LogP contribution in [0.5, 0.6) is 0 Å². The summed E-state index contributed by atoms with van der Waals surface area (Å²) >= 11 is 1.66. The summed E-state index contributed by atoms with van der Waals surface area (Å²) in [5.41, 5.74) is 0.221. The molecule has 1 aromatic heterocycles. The van der Waals surface area contributed by atoms with Crippen LogP contribution in [0.4, 0.5) is 20.2 Å². The van der Waals surface area contributed by atoms with Crippen LogP contribution in [0, 0.1) is 21.7 Å². The highest BCUT2D eigenvalue weighted by molar-refractivity contribution is 7.11. The Morgan fingerprint density at radius 1 is 1.26 bits per heavy atom. The Hall–Kier alpha value is -2.09. The van der Waals surface area contributed by atoms with Crippen LogP contribution in [0.2, 0.25) is 0 Å².